The van der Waals surface area contributed by atoms with Crippen molar-refractivity contribution < 1.29 is 9.18 Å². The van der Waals surface area contributed by atoms with Gasteiger partial charge in [-0.05, 0) is 42.0 Å². The van der Waals surface area contributed by atoms with E-state index in [-0.39, 0.29) is 11.7 Å². The van der Waals surface area contributed by atoms with E-state index in [1.807, 2.05) is 52.7 Å². The molecule has 0 radical (unpaired) electrons. The fraction of sp³-hybridized carbons (Fsp3) is 0.0870. The lowest BCUT2D eigenvalue weighted by molar-refractivity contribution is 0.101. The fourth-order valence-corrected chi connectivity index (χ4v) is 3.69. The van der Waals surface area contributed by atoms with Gasteiger partial charge in [0.1, 0.15) is 17.2 Å². The number of nitrogens with one attached hydrogen (secondary N) is 1. The second-order valence-electron chi connectivity index (χ2n) is 7.20. The molecule has 7 heteroatoms. The molecule has 4 heterocycles. The normalized spacial score (nSPS) is 11.3. The van der Waals surface area contributed by atoms with Crippen molar-refractivity contribution in [2.24, 2.45) is 7.05 Å². The second kappa shape index (κ2) is 7.11. The van der Waals surface area contributed by atoms with Gasteiger partial charge in [-0.25, -0.2) is 9.37 Å². The number of pyridine rings is 2. The second-order valence-corrected chi connectivity index (χ2v) is 7.20. The maximum absolute atomic E-state index is 13.7. The van der Waals surface area contributed by atoms with Gasteiger partial charge in [0.15, 0.2) is 0 Å². The molecule has 5 rings (SSSR count). The van der Waals surface area contributed by atoms with E-state index in [4.69, 9.17) is 0 Å². The molecule has 0 saturated carbocycles. The van der Waals surface area contributed by atoms with Crippen LogP contribution in [0.2, 0.25) is 0 Å². The molecular formula is C23H18FN5O. The summed E-state index contributed by atoms with van der Waals surface area (Å²) in [6.07, 6.45) is 6.96. The Bertz CT molecular complexity index is 1400. The Kier molecular flexibility index (Phi) is 4.28. The number of hydrogen-bond acceptors (Lipinski definition) is 3. The van der Waals surface area contributed by atoms with Crippen LogP contribution in [0.3, 0.4) is 0 Å². The molecule has 0 spiro atoms. The molecule has 1 aromatic carbocycles. The number of rotatable bonds is 4. The van der Waals surface area contributed by atoms with Gasteiger partial charge in [-0.1, -0.05) is 12.1 Å². The maximum atomic E-state index is 13.7. The molecule has 0 saturated heterocycles. The minimum Gasteiger partial charge on any atom is -0.336 e. The van der Waals surface area contributed by atoms with Gasteiger partial charge in [-0.15, -0.1) is 0 Å². The number of hydrogen-bond donors (Lipinski definition) is 1. The Balaban J connectivity index is 1.52. The third kappa shape index (κ3) is 3.20. The fourth-order valence-electron chi connectivity index (χ4n) is 3.69. The molecule has 0 atom stereocenters. The van der Waals surface area contributed by atoms with Crippen LogP contribution in [0.5, 0.6) is 0 Å². The largest absolute Gasteiger partial charge is 0.336 e. The number of benzene rings is 1. The lowest BCUT2D eigenvalue weighted by Gasteiger charge is -2.11. The summed E-state index contributed by atoms with van der Waals surface area (Å²) in [6, 6.07) is 13.9. The average molecular weight is 399 g/mol. The van der Waals surface area contributed by atoms with E-state index in [1.165, 1.54) is 12.1 Å². The van der Waals surface area contributed by atoms with Crippen LogP contribution in [0.15, 0.2) is 73.3 Å². The van der Waals surface area contributed by atoms with Crippen LogP contribution >= 0.6 is 0 Å². The first kappa shape index (κ1) is 18.1. The molecule has 0 fully saturated rings. The van der Waals surface area contributed by atoms with Gasteiger partial charge in [0.2, 0.25) is 0 Å². The highest BCUT2D eigenvalue weighted by Crippen LogP contribution is 2.23. The number of fused-ring (bicyclic) bond motifs is 2. The van der Waals surface area contributed by atoms with E-state index in [0.717, 1.165) is 27.5 Å². The summed E-state index contributed by atoms with van der Waals surface area (Å²) in [5.41, 5.74) is 3.50. The zero-order valence-electron chi connectivity index (χ0n) is 16.2. The van der Waals surface area contributed by atoms with Crippen molar-refractivity contribution in [1.82, 2.24) is 19.1 Å². The molecule has 0 aliphatic heterocycles. The van der Waals surface area contributed by atoms with Crippen molar-refractivity contribution in [2.75, 3.05) is 5.32 Å². The molecule has 0 bridgehead atoms. The molecule has 1 amide bonds. The molecule has 1 N–H and O–H groups in total. The third-order valence-corrected chi connectivity index (χ3v) is 5.13. The van der Waals surface area contributed by atoms with Crippen molar-refractivity contribution >= 4 is 33.5 Å². The van der Waals surface area contributed by atoms with Gasteiger partial charge in [0, 0.05) is 36.8 Å². The summed E-state index contributed by atoms with van der Waals surface area (Å²) in [6.45, 7) is 0.353. The van der Waals surface area contributed by atoms with Crippen LogP contribution in [0.25, 0.3) is 21.9 Å². The SMILES string of the molecule is Cn1ccc2cc(NC(=O)c3cc4ccncc4n3Cc3cccc(F)c3)cnc21. The van der Waals surface area contributed by atoms with Crippen LogP contribution < -0.4 is 5.32 Å². The van der Waals surface area contributed by atoms with Crippen molar-refractivity contribution in [2.45, 2.75) is 6.54 Å². The van der Waals surface area contributed by atoms with Gasteiger partial charge in [0.25, 0.3) is 5.91 Å². The van der Waals surface area contributed by atoms with Crippen LogP contribution in [0, 0.1) is 5.82 Å². The maximum Gasteiger partial charge on any atom is 0.272 e. The van der Waals surface area contributed by atoms with Crippen LogP contribution in [0.1, 0.15) is 16.1 Å². The Morgan fingerprint density at radius 2 is 2.00 bits per heavy atom. The topological polar surface area (TPSA) is 64.7 Å². The molecule has 30 heavy (non-hydrogen) atoms. The molecular weight excluding hydrogens is 381 g/mol. The molecule has 6 nitrogen and oxygen atoms in total. The van der Waals surface area contributed by atoms with Gasteiger partial charge < -0.3 is 14.5 Å². The van der Waals surface area contributed by atoms with Gasteiger partial charge in [-0.2, -0.15) is 0 Å². The number of anilines is 1. The number of amides is 1. The molecule has 0 unspecified atom stereocenters. The minimum atomic E-state index is -0.310. The van der Waals surface area contributed by atoms with E-state index < -0.39 is 0 Å². The Morgan fingerprint density at radius 3 is 2.87 bits per heavy atom. The predicted octanol–water partition coefficient (Wildman–Crippen LogP) is 4.36. The number of carbonyl (C=O) groups excluding carboxylic acids is 1. The van der Waals surface area contributed by atoms with Crippen molar-refractivity contribution in [3.8, 4) is 0 Å². The Morgan fingerprint density at radius 1 is 1.10 bits per heavy atom. The van der Waals surface area contributed by atoms with Gasteiger partial charge in [0.05, 0.1) is 23.6 Å². The van der Waals surface area contributed by atoms with E-state index in [0.29, 0.717) is 17.9 Å². The molecule has 0 aliphatic carbocycles. The number of carbonyl (C=O) groups is 1. The van der Waals surface area contributed by atoms with Crippen molar-refractivity contribution in [3.05, 3.63) is 90.4 Å². The summed E-state index contributed by atoms with van der Waals surface area (Å²) >= 11 is 0. The molecule has 0 aliphatic rings. The minimum absolute atomic E-state index is 0.264. The zero-order chi connectivity index (χ0) is 20.7. The number of aromatic nitrogens is 4. The molecule has 148 valence electrons. The lowest BCUT2D eigenvalue weighted by atomic mass is 10.2. The number of nitrogens with zero attached hydrogens (tertiary/aromatic N) is 4. The van der Waals surface area contributed by atoms with E-state index in [2.05, 4.69) is 15.3 Å². The average Bonchev–Trinajstić information content (AvgIpc) is 3.29. The highest BCUT2D eigenvalue weighted by molar-refractivity contribution is 6.06. The van der Waals surface area contributed by atoms with Crippen LogP contribution in [-0.4, -0.2) is 25.0 Å². The summed E-state index contributed by atoms with van der Waals surface area (Å²) < 4.78 is 17.4. The van der Waals surface area contributed by atoms with Crippen LogP contribution in [0.4, 0.5) is 10.1 Å². The first-order valence-corrected chi connectivity index (χ1v) is 9.48. The highest BCUT2D eigenvalue weighted by Gasteiger charge is 2.17. The van der Waals surface area contributed by atoms with E-state index in [1.54, 1.807) is 24.7 Å². The standard InChI is InChI=1S/C23H18FN5O/c1-28-8-6-17-10-19(12-26-22(17)28)27-23(30)20-11-16-5-7-25-13-21(16)29(20)14-15-3-2-4-18(24)9-15/h2-13H,14H2,1H3,(H,27,30). The summed E-state index contributed by atoms with van der Waals surface area (Å²) in [5.74, 6) is -0.574. The first-order valence-electron chi connectivity index (χ1n) is 9.48. The Labute approximate surface area is 171 Å². The quantitative estimate of drug-likeness (QED) is 0.488. The molecule has 4 aromatic heterocycles. The smallest absolute Gasteiger partial charge is 0.272 e. The monoisotopic (exact) mass is 399 g/mol. The summed E-state index contributed by atoms with van der Waals surface area (Å²) in [4.78, 5) is 21.8. The first-order chi connectivity index (χ1) is 14.6. The Hall–Kier alpha value is -4.00. The summed E-state index contributed by atoms with van der Waals surface area (Å²) in [5, 5.41) is 4.77. The zero-order valence-corrected chi connectivity index (χ0v) is 16.2. The number of aryl methyl sites for hydroxylation is 1. The van der Waals surface area contributed by atoms with Crippen LogP contribution in [-0.2, 0) is 13.6 Å². The van der Waals surface area contributed by atoms with Crippen molar-refractivity contribution in [1.29, 1.82) is 0 Å². The highest BCUT2D eigenvalue weighted by atomic mass is 19.1. The van der Waals surface area contributed by atoms with E-state index in [9.17, 15) is 9.18 Å². The van der Waals surface area contributed by atoms with Gasteiger partial charge in [-0.3, -0.25) is 9.78 Å². The predicted molar refractivity (Wildman–Crippen MR) is 114 cm³/mol. The van der Waals surface area contributed by atoms with E-state index >= 15 is 0 Å². The number of halogens is 1. The van der Waals surface area contributed by atoms with Gasteiger partial charge >= 0.3 is 0 Å². The molecule has 5 aromatic rings. The third-order valence-electron chi connectivity index (χ3n) is 5.13. The lowest BCUT2D eigenvalue weighted by Crippen LogP contribution is -2.17. The van der Waals surface area contributed by atoms with Crippen molar-refractivity contribution in [3.63, 3.8) is 0 Å². The summed E-state index contributed by atoms with van der Waals surface area (Å²) in [7, 11) is 1.92.